The molecule has 2 atom stereocenters. The van der Waals surface area contributed by atoms with Crippen LogP contribution >= 0.6 is 0 Å². The third-order valence-corrected chi connectivity index (χ3v) is 9.84. The van der Waals surface area contributed by atoms with Crippen molar-refractivity contribution in [3.63, 3.8) is 0 Å². The van der Waals surface area contributed by atoms with Crippen LogP contribution in [-0.4, -0.2) is 57.5 Å². The van der Waals surface area contributed by atoms with Gasteiger partial charge in [-0.3, -0.25) is 4.40 Å². The zero-order chi connectivity index (χ0) is 35.2. The lowest BCUT2D eigenvalue weighted by atomic mass is 9.92. The maximum Gasteiger partial charge on any atom is 0.337 e. The first-order chi connectivity index (χ1) is 23.2. The van der Waals surface area contributed by atoms with Crippen molar-refractivity contribution < 1.29 is 32.9 Å². The summed E-state index contributed by atoms with van der Waals surface area (Å²) in [6.45, 7) is 15.4. The van der Waals surface area contributed by atoms with Crippen molar-refractivity contribution in [1.82, 2.24) is 9.38 Å². The minimum absolute atomic E-state index is 0.0603. The molecule has 1 saturated heterocycles. The number of aliphatic carboxylic acids is 1. The second-order valence-electron chi connectivity index (χ2n) is 14.8. The predicted octanol–water partition coefficient (Wildman–Crippen LogP) is 8.83. The lowest BCUT2D eigenvalue weighted by molar-refractivity contribution is -0.160. The van der Waals surface area contributed by atoms with Crippen molar-refractivity contribution in [1.29, 1.82) is 0 Å². The Bertz CT molecular complexity index is 1870. The number of aromatic nitrogens is 2. The molecule has 4 aromatic rings. The summed E-state index contributed by atoms with van der Waals surface area (Å²) in [5, 5.41) is 10.6. The van der Waals surface area contributed by atoms with Gasteiger partial charge in [-0.1, -0.05) is 18.2 Å². The number of pyridine rings is 1. The Hall–Kier alpha value is -4.02. The highest BCUT2D eigenvalue weighted by Gasteiger charge is 2.38. The molecule has 0 amide bonds. The van der Waals surface area contributed by atoms with Crippen molar-refractivity contribution >= 4 is 17.4 Å². The second kappa shape index (κ2) is 13.4. The van der Waals surface area contributed by atoms with E-state index in [0.29, 0.717) is 47.7 Å². The molecule has 6 bridgehead atoms. The molecule has 1 fully saturated rings. The van der Waals surface area contributed by atoms with Crippen LogP contribution in [-0.2, 0) is 14.3 Å². The molecule has 3 aliphatic heterocycles. The number of piperidine rings is 1. The molecule has 1 N–H and O–H groups in total. The van der Waals surface area contributed by atoms with Crippen LogP contribution in [0.1, 0.15) is 89.5 Å². The number of hydrogen-bond acceptors (Lipinski definition) is 6. The quantitative estimate of drug-likeness (QED) is 0.232. The van der Waals surface area contributed by atoms with Crippen molar-refractivity contribution in [3.8, 4) is 28.1 Å². The first kappa shape index (κ1) is 34.8. The van der Waals surface area contributed by atoms with Crippen LogP contribution in [0.4, 0.5) is 14.6 Å². The number of benzene rings is 2. The highest BCUT2D eigenvalue weighted by atomic mass is 19.2. The third kappa shape index (κ3) is 7.03. The average molecular weight is 676 g/mol. The Morgan fingerprint density at radius 3 is 2.49 bits per heavy atom. The van der Waals surface area contributed by atoms with E-state index in [9.17, 15) is 14.3 Å². The highest BCUT2D eigenvalue weighted by Crippen LogP contribution is 2.42. The van der Waals surface area contributed by atoms with Crippen molar-refractivity contribution in [2.45, 2.75) is 104 Å². The van der Waals surface area contributed by atoms with Crippen LogP contribution in [0.2, 0.25) is 0 Å². The van der Waals surface area contributed by atoms with Gasteiger partial charge in [0, 0.05) is 37.0 Å². The number of fused-ring (bicyclic) bond motifs is 8. The summed E-state index contributed by atoms with van der Waals surface area (Å²) in [5.41, 5.74) is 3.68. The number of carboxylic acids is 1. The molecule has 0 spiro atoms. The fourth-order valence-electron chi connectivity index (χ4n) is 7.03. The van der Waals surface area contributed by atoms with Gasteiger partial charge >= 0.3 is 5.97 Å². The number of nitrogens with zero attached hydrogens (tertiary/aromatic N) is 3. The monoisotopic (exact) mass is 675 g/mol. The third-order valence-electron chi connectivity index (χ3n) is 9.84. The van der Waals surface area contributed by atoms with Gasteiger partial charge in [-0.15, -0.1) is 0 Å². The molecule has 0 aliphatic carbocycles. The fourth-order valence-corrected chi connectivity index (χ4v) is 7.03. The van der Waals surface area contributed by atoms with E-state index in [1.165, 1.54) is 6.07 Å². The number of anilines is 1. The molecule has 8 nitrogen and oxygen atoms in total. The van der Waals surface area contributed by atoms with Crippen LogP contribution in [0.25, 0.3) is 28.0 Å². The molecular formula is C39H47F2N3O5. The Morgan fingerprint density at radius 1 is 1.08 bits per heavy atom. The first-order valence-electron chi connectivity index (χ1n) is 17.2. The summed E-state index contributed by atoms with van der Waals surface area (Å²) >= 11 is 0. The van der Waals surface area contributed by atoms with Crippen molar-refractivity contribution in [3.05, 3.63) is 70.9 Å². The summed E-state index contributed by atoms with van der Waals surface area (Å²) < 4.78 is 51.2. The number of imidazole rings is 1. The molecule has 262 valence electrons. The lowest BCUT2D eigenvalue weighted by Gasteiger charge is -2.42. The van der Waals surface area contributed by atoms with Crippen molar-refractivity contribution in [2.75, 3.05) is 24.6 Å². The van der Waals surface area contributed by atoms with Gasteiger partial charge in [0.25, 0.3) is 0 Å². The van der Waals surface area contributed by atoms with Gasteiger partial charge in [0.15, 0.2) is 17.7 Å². The minimum atomic E-state index is -1.22. The van der Waals surface area contributed by atoms with Gasteiger partial charge in [0.1, 0.15) is 17.2 Å². The standard InChI is InChI=1S/C39H47F2N3O5/c1-23-11-8-9-20-47-39(7)16-18-43(19-17-39)36-31(34(37(45)46)49-38(4,5)6)24(2)25(3)35-42-29(22-44(35)36)26-12-10-13-27(21-26)32-30(48-23)15-14-28(40)33(32)41/h10,12-15,21-23,34H,8-9,11,16-20H2,1-7H3,(H,45,46)/t23-,34+/m1/s1. The van der Waals surface area contributed by atoms with E-state index in [1.54, 1.807) is 18.2 Å². The van der Waals surface area contributed by atoms with Crippen LogP contribution in [0.3, 0.4) is 0 Å². The number of halogens is 2. The molecule has 49 heavy (non-hydrogen) atoms. The van der Waals surface area contributed by atoms with E-state index >= 15 is 4.39 Å². The van der Waals surface area contributed by atoms with Gasteiger partial charge in [0.2, 0.25) is 0 Å². The Morgan fingerprint density at radius 2 is 1.80 bits per heavy atom. The number of carbonyl (C=O) groups is 1. The molecule has 0 unspecified atom stereocenters. The zero-order valence-corrected chi connectivity index (χ0v) is 29.5. The van der Waals surface area contributed by atoms with E-state index in [-0.39, 0.29) is 23.0 Å². The van der Waals surface area contributed by atoms with Gasteiger partial charge in [-0.2, -0.15) is 0 Å². The largest absolute Gasteiger partial charge is 0.490 e. The second-order valence-corrected chi connectivity index (χ2v) is 14.8. The SMILES string of the molecule is Cc1c([C@H](OC(C)(C)C)C(=O)O)c2n3cc(nc3c1C)-c1cccc(c1)-c1c(ccc(F)c1F)O[C@H](C)CCCCOC1(C)CCN2CC1. The summed E-state index contributed by atoms with van der Waals surface area (Å²) in [5.74, 6) is -1.99. The number of carboxylic acid groups (broad SMARTS) is 1. The minimum Gasteiger partial charge on any atom is -0.490 e. The highest BCUT2D eigenvalue weighted by molar-refractivity contribution is 5.82. The zero-order valence-electron chi connectivity index (χ0n) is 29.5. The van der Waals surface area contributed by atoms with Gasteiger partial charge in [-0.05, 0) is 115 Å². The van der Waals surface area contributed by atoms with Crippen LogP contribution in [0.5, 0.6) is 5.75 Å². The van der Waals surface area contributed by atoms with Crippen LogP contribution in [0.15, 0.2) is 42.6 Å². The molecule has 10 heteroatoms. The van der Waals surface area contributed by atoms with Crippen LogP contribution in [0, 0.1) is 25.5 Å². The number of aryl methyl sites for hydroxylation is 1. The van der Waals surface area contributed by atoms with Crippen LogP contribution < -0.4 is 9.64 Å². The molecule has 2 aromatic carbocycles. The molecule has 3 aliphatic rings. The maximum atomic E-state index is 15.6. The molecular weight excluding hydrogens is 628 g/mol. The predicted molar refractivity (Wildman–Crippen MR) is 186 cm³/mol. The van der Waals surface area contributed by atoms with E-state index < -0.39 is 29.3 Å². The number of hydrogen-bond donors (Lipinski definition) is 1. The summed E-state index contributed by atoms with van der Waals surface area (Å²) in [4.78, 5) is 20.2. The van der Waals surface area contributed by atoms with E-state index in [1.807, 2.05) is 58.2 Å². The molecule has 7 rings (SSSR count). The van der Waals surface area contributed by atoms with Gasteiger partial charge in [0.05, 0.1) is 28.6 Å². The van der Waals surface area contributed by atoms with E-state index in [4.69, 9.17) is 19.2 Å². The van der Waals surface area contributed by atoms with Gasteiger partial charge in [-0.25, -0.2) is 18.6 Å². The van der Waals surface area contributed by atoms with Crippen molar-refractivity contribution in [2.24, 2.45) is 0 Å². The molecule has 5 heterocycles. The maximum absolute atomic E-state index is 15.6. The molecule has 0 saturated carbocycles. The van der Waals surface area contributed by atoms with Gasteiger partial charge < -0.3 is 24.2 Å². The topological polar surface area (TPSA) is 85.5 Å². The Balaban J connectivity index is 1.58. The summed E-state index contributed by atoms with van der Waals surface area (Å²) in [6.07, 6.45) is 4.42. The number of rotatable bonds is 3. The van der Waals surface area contributed by atoms with E-state index in [2.05, 4.69) is 11.8 Å². The average Bonchev–Trinajstić information content (AvgIpc) is 3.49. The van der Waals surface area contributed by atoms with E-state index in [0.717, 1.165) is 55.1 Å². The summed E-state index contributed by atoms with van der Waals surface area (Å²) in [7, 11) is 0. The molecule has 2 aromatic heterocycles. The Labute approximate surface area is 287 Å². The smallest absolute Gasteiger partial charge is 0.337 e. The Kier molecular flexibility index (Phi) is 9.50. The summed E-state index contributed by atoms with van der Waals surface area (Å²) in [6, 6.07) is 9.80. The molecule has 0 radical (unpaired) electrons. The fraction of sp³-hybridized carbons (Fsp3) is 0.487. The normalized spacial score (nSPS) is 21.0. The first-order valence-corrected chi connectivity index (χ1v) is 17.2. The lowest BCUT2D eigenvalue weighted by Crippen LogP contribution is -2.45. The number of ether oxygens (including phenoxy) is 3.